The second-order valence-electron chi connectivity index (χ2n) is 5.82. The lowest BCUT2D eigenvalue weighted by Gasteiger charge is -2.03. The fraction of sp³-hybridized carbons (Fsp3) is 0.350. The highest BCUT2D eigenvalue weighted by Gasteiger charge is 2.07. The molecule has 114 valence electrons. The van der Waals surface area contributed by atoms with Gasteiger partial charge in [-0.15, -0.1) is 11.3 Å². The number of aryl methyl sites for hydroxylation is 1. The lowest BCUT2D eigenvalue weighted by Crippen LogP contribution is -1.86. The van der Waals surface area contributed by atoms with Crippen molar-refractivity contribution in [2.75, 3.05) is 0 Å². The van der Waals surface area contributed by atoms with Crippen molar-refractivity contribution in [2.45, 2.75) is 45.4 Å². The lowest BCUT2D eigenvalue weighted by atomic mass is 10.0. The van der Waals surface area contributed by atoms with Gasteiger partial charge in [0.2, 0.25) is 0 Å². The number of hydrogen-bond acceptors (Lipinski definition) is 2. The van der Waals surface area contributed by atoms with E-state index in [-0.39, 0.29) is 0 Å². The molecule has 0 amide bonds. The molecule has 1 aromatic heterocycles. The van der Waals surface area contributed by atoms with Crippen molar-refractivity contribution in [3.8, 4) is 11.3 Å². The van der Waals surface area contributed by atoms with Crippen LogP contribution in [0.2, 0.25) is 0 Å². The van der Waals surface area contributed by atoms with Crippen LogP contribution in [-0.4, -0.2) is 4.98 Å². The van der Waals surface area contributed by atoms with Gasteiger partial charge in [0.25, 0.3) is 0 Å². The topological polar surface area (TPSA) is 12.9 Å². The zero-order chi connectivity index (χ0) is 15.2. The highest BCUT2D eigenvalue weighted by Crippen LogP contribution is 2.29. The van der Waals surface area contributed by atoms with Crippen molar-refractivity contribution in [1.82, 2.24) is 4.98 Å². The van der Waals surface area contributed by atoms with Gasteiger partial charge in [-0.25, -0.2) is 4.98 Å². The quantitative estimate of drug-likeness (QED) is 0.455. The Morgan fingerprint density at radius 1 is 0.909 bits per heavy atom. The number of nitrogens with zero attached hydrogens (tertiary/aromatic N) is 1. The van der Waals surface area contributed by atoms with E-state index >= 15 is 0 Å². The van der Waals surface area contributed by atoms with Gasteiger partial charge in [0.15, 0.2) is 0 Å². The summed E-state index contributed by atoms with van der Waals surface area (Å²) in [5, 5.41) is 6.07. The fourth-order valence-corrected chi connectivity index (χ4v) is 3.72. The summed E-state index contributed by atoms with van der Waals surface area (Å²) in [6.45, 7) is 2.26. The van der Waals surface area contributed by atoms with E-state index in [0.29, 0.717) is 0 Å². The normalized spacial score (nSPS) is 11.1. The molecule has 0 spiro atoms. The second kappa shape index (κ2) is 7.55. The average molecular weight is 309 g/mol. The summed E-state index contributed by atoms with van der Waals surface area (Å²) in [5.74, 6) is 0. The summed E-state index contributed by atoms with van der Waals surface area (Å²) in [7, 11) is 0. The third-order valence-corrected chi connectivity index (χ3v) is 5.02. The number of hydrogen-bond donors (Lipinski definition) is 0. The molecule has 2 heteroatoms. The molecule has 0 radical (unpaired) electrons. The zero-order valence-electron chi connectivity index (χ0n) is 13.2. The van der Waals surface area contributed by atoms with Crippen LogP contribution in [0.25, 0.3) is 22.0 Å². The molecule has 0 bridgehead atoms. The Morgan fingerprint density at radius 2 is 1.73 bits per heavy atom. The van der Waals surface area contributed by atoms with E-state index in [2.05, 4.69) is 54.8 Å². The molecule has 0 saturated carbocycles. The summed E-state index contributed by atoms with van der Waals surface area (Å²) in [6, 6.07) is 15.0. The Bertz CT molecular complexity index is 724. The maximum atomic E-state index is 4.87. The second-order valence-corrected chi connectivity index (χ2v) is 6.76. The van der Waals surface area contributed by atoms with Gasteiger partial charge in [-0.05, 0) is 23.6 Å². The number of fused-ring (bicyclic) bond motifs is 1. The van der Waals surface area contributed by atoms with E-state index in [9.17, 15) is 0 Å². The molecule has 0 unspecified atom stereocenters. The van der Waals surface area contributed by atoms with Crippen LogP contribution in [0.5, 0.6) is 0 Å². The Hall–Kier alpha value is -1.67. The standard InChI is InChI=1S/C20H23NS/c1-2-3-4-5-6-14-20-21-19(15-22-20)18-13-9-11-16-10-7-8-12-17(16)18/h7-13,15H,2-6,14H2,1H3. The van der Waals surface area contributed by atoms with Gasteiger partial charge >= 0.3 is 0 Å². The van der Waals surface area contributed by atoms with Gasteiger partial charge in [0.05, 0.1) is 10.7 Å². The molecule has 0 saturated heterocycles. The molecule has 3 aromatic rings. The molecule has 22 heavy (non-hydrogen) atoms. The van der Waals surface area contributed by atoms with Gasteiger partial charge in [0, 0.05) is 10.9 Å². The fourth-order valence-electron chi connectivity index (χ4n) is 2.88. The third kappa shape index (κ3) is 3.56. The van der Waals surface area contributed by atoms with Crippen molar-refractivity contribution in [3.63, 3.8) is 0 Å². The van der Waals surface area contributed by atoms with E-state index in [1.807, 2.05) is 0 Å². The van der Waals surface area contributed by atoms with Gasteiger partial charge in [0.1, 0.15) is 0 Å². The smallest absolute Gasteiger partial charge is 0.0932 e. The Balaban J connectivity index is 1.73. The summed E-state index contributed by atoms with van der Waals surface area (Å²) in [5.41, 5.74) is 2.39. The maximum Gasteiger partial charge on any atom is 0.0932 e. The highest BCUT2D eigenvalue weighted by molar-refractivity contribution is 7.09. The lowest BCUT2D eigenvalue weighted by molar-refractivity contribution is 0.631. The van der Waals surface area contributed by atoms with E-state index in [1.54, 1.807) is 11.3 Å². The first-order valence-electron chi connectivity index (χ1n) is 8.31. The molecule has 0 aliphatic heterocycles. The molecule has 1 nitrogen and oxygen atoms in total. The van der Waals surface area contributed by atoms with Crippen molar-refractivity contribution in [1.29, 1.82) is 0 Å². The zero-order valence-corrected chi connectivity index (χ0v) is 14.0. The van der Waals surface area contributed by atoms with Crippen LogP contribution in [0.15, 0.2) is 47.8 Å². The molecule has 0 fully saturated rings. The van der Waals surface area contributed by atoms with E-state index in [1.165, 1.54) is 53.4 Å². The maximum absolute atomic E-state index is 4.87. The molecule has 3 rings (SSSR count). The van der Waals surface area contributed by atoms with Crippen LogP contribution in [-0.2, 0) is 6.42 Å². The summed E-state index contributed by atoms with van der Waals surface area (Å²) < 4.78 is 0. The first-order valence-corrected chi connectivity index (χ1v) is 9.19. The predicted octanol–water partition coefficient (Wildman–Crippen LogP) is 6.48. The minimum absolute atomic E-state index is 1.12. The summed E-state index contributed by atoms with van der Waals surface area (Å²) in [4.78, 5) is 4.87. The first-order chi connectivity index (χ1) is 10.9. The van der Waals surface area contributed by atoms with E-state index in [4.69, 9.17) is 4.98 Å². The molecule has 2 aromatic carbocycles. The van der Waals surface area contributed by atoms with Crippen molar-refractivity contribution >= 4 is 22.1 Å². The Labute approximate surface area is 137 Å². The van der Waals surface area contributed by atoms with Gasteiger partial charge in [-0.2, -0.15) is 0 Å². The largest absolute Gasteiger partial charge is 0.241 e. The third-order valence-electron chi connectivity index (χ3n) is 4.11. The van der Waals surface area contributed by atoms with Crippen LogP contribution < -0.4 is 0 Å². The van der Waals surface area contributed by atoms with E-state index < -0.39 is 0 Å². The Kier molecular flexibility index (Phi) is 5.23. The summed E-state index contributed by atoms with van der Waals surface area (Å²) >= 11 is 1.81. The van der Waals surface area contributed by atoms with Crippen LogP contribution in [0.1, 0.15) is 44.0 Å². The van der Waals surface area contributed by atoms with Crippen LogP contribution in [0, 0.1) is 0 Å². The van der Waals surface area contributed by atoms with Gasteiger partial charge in [-0.1, -0.05) is 75.1 Å². The van der Waals surface area contributed by atoms with Crippen LogP contribution in [0.4, 0.5) is 0 Å². The number of benzene rings is 2. The summed E-state index contributed by atoms with van der Waals surface area (Å²) in [6.07, 6.45) is 7.75. The van der Waals surface area contributed by atoms with Crippen LogP contribution >= 0.6 is 11.3 Å². The minimum Gasteiger partial charge on any atom is -0.241 e. The van der Waals surface area contributed by atoms with Crippen LogP contribution in [0.3, 0.4) is 0 Å². The minimum atomic E-state index is 1.12. The van der Waals surface area contributed by atoms with Gasteiger partial charge < -0.3 is 0 Å². The number of unbranched alkanes of at least 4 members (excludes halogenated alkanes) is 4. The SMILES string of the molecule is CCCCCCCc1nc(-c2cccc3ccccc23)cs1. The molecular formula is C20H23NS. The van der Waals surface area contributed by atoms with Crippen molar-refractivity contribution < 1.29 is 0 Å². The molecular weight excluding hydrogens is 286 g/mol. The first kappa shape index (κ1) is 15.2. The van der Waals surface area contributed by atoms with E-state index in [0.717, 1.165) is 12.1 Å². The molecule has 0 aliphatic rings. The number of rotatable bonds is 7. The number of aromatic nitrogens is 1. The van der Waals surface area contributed by atoms with Crippen molar-refractivity contribution in [2.24, 2.45) is 0 Å². The average Bonchev–Trinajstić information content (AvgIpc) is 3.03. The predicted molar refractivity (Wildman–Crippen MR) is 97.5 cm³/mol. The molecule has 0 N–H and O–H groups in total. The number of thiazole rings is 1. The Morgan fingerprint density at radius 3 is 2.64 bits per heavy atom. The molecule has 0 atom stereocenters. The highest BCUT2D eigenvalue weighted by atomic mass is 32.1. The van der Waals surface area contributed by atoms with Gasteiger partial charge in [-0.3, -0.25) is 0 Å². The monoisotopic (exact) mass is 309 g/mol. The molecule has 0 aliphatic carbocycles. The molecule has 1 heterocycles. The van der Waals surface area contributed by atoms with Crippen molar-refractivity contribution in [3.05, 3.63) is 52.9 Å².